The van der Waals surface area contributed by atoms with Crippen LogP contribution >= 0.6 is 0 Å². The lowest BCUT2D eigenvalue weighted by Crippen LogP contribution is -2.38. The van der Waals surface area contributed by atoms with Crippen molar-refractivity contribution in [2.75, 3.05) is 10.5 Å². The first kappa shape index (κ1) is 20.6. The molecule has 1 aromatic carbocycles. The molecule has 4 N–H and O–H groups in total. The largest absolute Gasteiger partial charge is 0.506 e. The van der Waals surface area contributed by atoms with E-state index in [2.05, 4.69) is 10.0 Å². The van der Waals surface area contributed by atoms with Gasteiger partial charge in [-0.15, -0.1) is 0 Å². The molecule has 25 heavy (non-hydrogen) atoms. The maximum Gasteiger partial charge on any atom is 0.408 e. The Morgan fingerprint density at radius 3 is 2.36 bits per heavy atom. The molecule has 0 heterocycles. The molecule has 0 fully saturated rings. The van der Waals surface area contributed by atoms with E-state index in [-0.39, 0.29) is 22.8 Å². The summed E-state index contributed by atoms with van der Waals surface area (Å²) in [5.41, 5.74) is -0.939. The molecular formula is C15H22N2O7S. The minimum absolute atomic E-state index is 0.0602. The standard InChI is InChI=1S/C15H22N2O7S/c1-5-25(22,23)17-10-8-9(6-7-11(10)18)12(13(19)20)16-14(21)24-15(2,3)4/h6-8,12,17-18H,5H2,1-4H3,(H,16,21)(H,19,20). The van der Waals surface area contributed by atoms with Crippen LogP contribution in [0.4, 0.5) is 10.5 Å². The van der Waals surface area contributed by atoms with Crippen LogP contribution in [0.3, 0.4) is 0 Å². The zero-order valence-electron chi connectivity index (χ0n) is 14.4. The van der Waals surface area contributed by atoms with Crippen LogP contribution in [-0.2, 0) is 19.6 Å². The van der Waals surface area contributed by atoms with Gasteiger partial charge in [0, 0.05) is 0 Å². The lowest BCUT2D eigenvalue weighted by Gasteiger charge is -2.22. The van der Waals surface area contributed by atoms with Crippen molar-refractivity contribution in [1.82, 2.24) is 5.32 Å². The van der Waals surface area contributed by atoms with Crippen molar-refractivity contribution in [1.29, 1.82) is 0 Å². The Morgan fingerprint density at radius 1 is 1.28 bits per heavy atom. The smallest absolute Gasteiger partial charge is 0.408 e. The molecule has 0 saturated heterocycles. The van der Waals surface area contributed by atoms with Crippen LogP contribution in [0.15, 0.2) is 18.2 Å². The van der Waals surface area contributed by atoms with Crippen molar-refractivity contribution in [3.05, 3.63) is 23.8 Å². The summed E-state index contributed by atoms with van der Waals surface area (Å²) in [6, 6.07) is 2.05. The number of rotatable bonds is 6. The summed E-state index contributed by atoms with van der Waals surface area (Å²) < 4.78 is 30.4. The number of sulfonamides is 1. The number of carboxylic acid groups (broad SMARTS) is 1. The van der Waals surface area contributed by atoms with Crippen molar-refractivity contribution in [3.63, 3.8) is 0 Å². The number of amides is 1. The third kappa shape index (κ3) is 6.49. The second-order valence-corrected chi connectivity index (χ2v) is 8.21. The van der Waals surface area contributed by atoms with E-state index >= 15 is 0 Å². The number of alkyl carbamates (subject to hydrolysis) is 1. The molecule has 0 aliphatic carbocycles. The van der Waals surface area contributed by atoms with Gasteiger partial charge in [0.25, 0.3) is 0 Å². The molecule has 9 nitrogen and oxygen atoms in total. The number of anilines is 1. The maximum absolute atomic E-state index is 11.8. The second kappa shape index (κ2) is 7.60. The fourth-order valence-corrected chi connectivity index (χ4v) is 2.41. The highest BCUT2D eigenvalue weighted by molar-refractivity contribution is 7.92. The minimum atomic E-state index is -3.67. The molecule has 1 atom stereocenters. The van der Waals surface area contributed by atoms with Crippen LogP contribution in [0.5, 0.6) is 5.75 Å². The number of phenolic OH excluding ortho intramolecular Hbond substituents is 1. The van der Waals surface area contributed by atoms with Gasteiger partial charge in [-0.05, 0) is 45.4 Å². The van der Waals surface area contributed by atoms with E-state index in [0.717, 1.165) is 12.1 Å². The highest BCUT2D eigenvalue weighted by atomic mass is 32.2. The van der Waals surface area contributed by atoms with Gasteiger partial charge < -0.3 is 20.3 Å². The van der Waals surface area contributed by atoms with E-state index in [9.17, 15) is 28.2 Å². The Kier molecular flexibility index (Phi) is 6.25. The highest BCUT2D eigenvalue weighted by Gasteiger charge is 2.26. The number of carboxylic acids is 1. The monoisotopic (exact) mass is 374 g/mol. The Morgan fingerprint density at radius 2 is 1.88 bits per heavy atom. The molecule has 1 rings (SSSR count). The molecule has 0 spiro atoms. The van der Waals surface area contributed by atoms with Crippen LogP contribution in [-0.4, -0.2) is 42.0 Å². The Bertz CT molecular complexity index is 754. The van der Waals surface area contributed by atoms with Crippen LogP contribution in [0.2, 0.25) is 0 Å². The van der Waals surface area contributed by atoms with Gasteiger partial charge in [0.1, 0.15) is 11.4 Å². The van der Waals surface area contributed by atoms with Gasteiger partial charge in [0.05, 0.1) is 11.4 Å². The molecule has 1 aromatic rings. The van der Waals surface area contributed by atoms with Crippen molar-refractivity contribution in [2.45, 2.75) is 39.3 Å². The predicted molar refractivity (Wildman–Crippen MR) is 90.9 cm³/mol. The van der Waals surface area contributed by atoms with Gasteiger partial charge >= 0.3 is 12.1 Å². The third-order valence-corrected chi connectivity index (χ3v) is 4.20. The first-order valence-corrected chi connectivity index (χ1v) is 9.05. The molecule has 0 aliphatic heterocycles. The molecular weight excluding hydrogens is 352 g/mol. The summed E-state index contributed by atoms with van der Waals surface area (Å²) in [4.78, 5) is 23.3. The van der Waals surface area contributed by atoms with E-state index in [1.807, 2.05) is 0 Å². The summed E-state index contributed by atoms with van der Waals surface area (Å²) in [5, 5.41) is 21.3. The van der Waals surface area contributed by atoms with Gasteiger partial charge in [0.15, 0.2) is 6.04 Å². The van der Waals surface area contributed by atoms with Gasteiger partial charge in [-0.3, -0.25) is 4.72 Å². The van der Waals surface area contributed by atoms with Crippen molar-refractivity contribution >= 4 is 27.8 Å². The first-order chi connectivity index (χ1) is 11.3. The molecule has 10 heteroatoms. The fourth-order valence-electron chi connectivity index (χ4n) is 1.77. The fraction of sp³-hybridized carbons (Fsp3) is 0.467. The Labute approximate surface area is 146 Å². The molecule has 1 unspecified atom stereocenters. The minimum Gasteiger partial charge on any atom is -0.506 e. The number of nitrogens with one attached hydrogen (secondary N) is 2. The third-order valence-electron chi connectivity index (χ3n) is 2.91. The number of carbonyl (C=O) groups excluding carboxylic acids is 1. The average molecular weight is 374 g/mol. The molecule has 140 valence electrons. The van der Waals surface area contributed by atoms with E-state index < -0.39 is 33.7 Å². The Hall–Kier alpha value is -2.49. The van der Waals surface area contributed by atoms with E-state index in [0.29, 0.717) is 0 Å². The van der Waals surface area contributed by atoms with Crippen molar-refractivity contribution in [3.8, 4) is 5.75 Å². The Balaban J connectivity index is 3.13. The van der Waals surface area contributed by atoms with Gasteiger partial charge in [-0.25, -0.2) is 18.0 Å². The molecule has 0 bridgehead atoms. The van der Waals surface area contributed by atoms with Crippen LogP contribution < -0.4 is 10.0 Å². The number of aromatic hydroxyl groups is 1. The number of hydrogen-bond donors (Lipinski definition) is 4. The lowest BCUT2D eigenvalue weighted by atomic mass is 10.1. The van der Waals surface area contributed by atoms with Crippen LogP contribution in [0, 0.1) is 0 Å². The zero-order chi connectivity index (χ0) is 19.4. The summed E-state index contributed by atoms with van der Waals surface area (Å²) in [6.07, 6.45) is -0.941. The lowest BCUT2D eigenvalue weighted by molar-refractivity contribution is -0.139. The van der Waals surface area contributed by atoms with Gasteiger partial charge in [-0.1, -0.05) is 6.07 Å². The number of benzene rings is 1. The molecule has 1 amide bonds. The number of carbonyl (C=O) groups is 2. The molecule has 0 radical (unpaired) electrons. The first-order valence-electron chi connectivity index (χ1n) is 7.40. The summed E-state index contributed by atoms with van der Waals surface area (Å²) in [6.45, 7) is 6.29. The molecule has 0 aromatic heterocycles. The number of hydrogen-bond acceptors (Lipinski definition) is 6. The second-order valence-electron chi connectivity index (χ2n) is 6.20. The molecule has 0 saturated carbocycles. The number of ether oxygens (including phenoxy) is 1. The van der Waals surface area contributed by atoms with Crippen LogP contribution in [0.25, 0.3) is 0 Å². The predicted octanol–water partition coefficient (Wildman–Crippen LogP) is 1.80. The quantitative estimate of drug-likeness (QED) is 0.556. The topological polar surface area (TPSA) is 142 Å². The zero-order valence-corrected chi connectivity index (χ0v) is 15.2. The highest BCUT2D eigenvalue weighted by Crippen LogP contribution is 2.28. The van der Waals surface area contributed by atoms with Gasteiger partial charge in [0.2, 0.25) is 10.0 Å². The van der Waals surface area contributed by atoms with Crippen LogP contribution in [0.1, 0.15) is 39.3 Å². The van der Waals surface area contributed by atoms with E-state index in [1.165, 1.54) is 13.0 Å². The van der Waals surface area contributed by atoms with Crippen molar-refractivity contribution in [2.24, 2.45) is 0 Å². The van der Waals surface area contributed by atoms with Crippen molar-refractivity contribution < 1.29 is 33.0 Å². The normalized spacial score (nSPS) is 13.0. The van der Waals surface area contributed by atoms with E-state index in [1.54, 1.807) is 20.8 Å². The number of phenols is 1. The maximum atomic E-state index is 11.8. The summed E-state index contributed by atoms with van der Waals surface area (Å²) in [7, 11) is -3.67. The SMILES string of the molecule is CCS(=O)(=O)Nc1cc(C(NC(=O)OC(C)(C)C)C(=O)O)ccc1O. The summed E-state index contributed by atoms with van der Waals surface area (Å²) in [5.74, 6) is -1.97. The molecule has 0 aliphatic rings. The summed E-state index contributed by atoms with van der Waals surface area (Å²) >= 11 is 0. The van der Waals surface area contributed by atoms with E-state index in [4.69, 9.17) is 4.74 Å². The number of aliphatic carboxylic acids is 1. The van der Waals surface area contributed by atoms with Gasteiger partial charge in [-0.2, -0.15) is 0 Å². The average Bonchev–Trinajstić information content (AvgIpc) is 2.45.